The highest BCUT2D eigenvalue weighted by molar-refractivity contribution is 7.92. The largest absolute Gasteiger partial charge is 0.497 e. The van der Waals surface area contributed by atoms with Crippen LogP contribution in [0.15, 0.2) is 41.3 Å². The van der Waals surface area contributed by atoms with Crippen molar-refractivity contribution in [2.45, 2.75) is 49.5 Å². The highest BCUT2D eigenvalue weighted by Crippen LogP contribution is 2.34. The summed E-state index contributed by atoms with van der Waals surface area (Å²) in [6.45, 7) is 0.539. The standard InChI is InChI=1S/C23H29N3O5S/c1-30-18-8-10-20(22(15-18)31-2)25-32(28,29)19-9-11-21-16(14-19)12-13-26(21)23(27)24-17-6-4-3-5-7-17/h8-11,14-15,17,25H,3-7,12-13H2,1-2H3,(H,24,27). The summed E-state index contributed by atoms with van der Waals surface area (Å²) in [6.07, 6.45) is 6.17. The predicted octanol–water partition coefficient (Wildman–Crippen LogP) is 3.91. The Bertz CT molecular complexity index is 1100. The molecule has 1 aliphatic carbocycles. The zero-order chi connectivity index (χ0) is 22.7. The molecule has 32 heavy (non-hydrogen) atoms. The minimum absolute atomic E-state index is 0.104. The number of anilines is 2. The number of benzene rings is 2. The van der Waals surface area contributed by atoms with Crippen molar-refractivity contribution in [1.29, 1.82) is 0 Å². The van der Waals surface area contributed by atoms with Crippen molar-refractivity contribution in [3.05, 3.63) is 42.0 Å². The molecule has 1 heterocycles. The first-order valence-corrected chi connectivity index (χ1v) is 12.4. The molecule has 1 fully saturated rings. The fourth-order valence-corrected chi connectivity index (χ4v) is 5.46. The van der Waals surface area contributed by atoms with Crippen LogP contribution < -0.4 is 24.4 Å². The van der Waals surface area contributed by atoms with Gasteiger partial charge < -0.3 is 14.8 Å². The zero-order valence-corrected chi connectivity index (χ0v) is 19.2. The number of amides is 2. The number of nitrogens with zero attached hydrogens (tertiary/aromatic N) is 1. The zero-order valence-electron chi connectivity index (χ0n) is 18.4. The molecule has 2 N–H and O–H groups in total. The lowest BCUT2D eigenvalue weighted by atomic mass is 9.96. The van der Waals surface area contributed by atoms with E-state index in [0.717, 1.165) is 36.9 Å². The Morgan fingerprint density at radius 1 is 1.03 bits per heavy atom. The van der Waals surface area contributed by atoms with E-state index in [1.54, 1.807) is 35.2 Å². The molecule has 2 aromatic carbocycles. The Kier molecular flexibility index (Phi) is 6.45. The summed E-state index contributed by atoms with van der Waals surface area (Å²) in [5.41, 5.74) is 1.93. The quantitative estimate of drug-likeness (QED) is 0.683. The van der Waals surface area contributed by atoms with Crippen molar-refractivity contribution in [3.63, 3.8) is 0 Å². The van der Waals surface area contributed by atoms with E-state index in [2.05, 4.69) is 10.0 Å². The Morgan fingerprint density at radius 2 is 1.81 bits per heavy atom. The summed E-state index contributed by atoms with van der Waals surface area (Å²) in [5.74, 6) is 0.925. The normalized spacial score (nSPS) is 16.4. The Morgan fingerprint density at radius 3 is 2.53 bits per heavy atom. The molecule has 0 aromatic heterocycles. The first kappa shape index (κ1) is 22.3. The molecule has 1 saturated carbocycles. The third-order valence-electron chi connectivity index (χ3n) is 6.09. The Labute approximate surface area is 189 Å². The summed E-state index contributed by atoms with van der Waals surface area (Å²) >= 11 is 0. The number of urea groups is 1. The molecule has 2 aromatic rings. The third-order valence-corrected chi connectivity index (χ3v) is 7.45. The molecule has 0 atom stereocenters. The number of methoxy groups -OCH3 is 2. The van der Waals surface area contributed by atoms with Crippen molar-refractivity contribution in [2.24, 2.45) is 0 Å². The number of carbonyl (C=O) groups is 1. The van der Waals surface area contributed by atoms with Crippen LogP contribution in [0.5, 0.6) is 11.5 Å². The summed E-state index contributed by atoms with van der Waals surface area (Å²) in [7, 11) is -0.841. The minimum atomic E-state index is -3.84. The van der Waals surface area contributed by atoms with Gasteiger partial charge in [0, 0.05) is 24.3 Å². The molecule has 9 heteroatoms. The van der Waals surface area contributed by atoms with Gasteiger partial charge in [-0.2, -0.15) is 0 Å². The maximum absolute atomic E-state index is 13.0. The third kappa shape index (κ3) is 4.62. The number of hydrogen-bond acceptors (Lipinski definition) is 5. The maximum Gasteiger partial charge on any atom is 0.322 e. The van der Waals surface area contributed by atoms with E-state index in [1.807, 2.05) is 0 Å². The lowest BCUT2D eigenvalue weighted by Crippen LogP contribution is -2.45. The van der Waals surface area contributed by atoms with E-state index in [4.69, 9.17) is 9.47 Å². The second kappa shape index (κ2) is 9.28. The van der Waals surface area contributed by atoms with E-state index in [9.17, 15) is 13.2 Å². The lowest BCUT2D eigenvalue weighted by Gasteiger charge is -2.26. The number of ether oxygens (including phenoxy) is 2. The average Bonchev–Trinajstić information content (AvgIpc) is 3.23. The summed E-state index contributed by atoms with van der Waals surface area (Å²) in [5, 5.41) is 3.13. The molecular formula is C23H29N3O5S. The fourth-order valence-electron chi connectivity index (χ4n) is 4.34. The number of rotatable bonds is 6. The van der Waals surface area contributed by atoms with Gasteiger partial charge in [0.15, 0.2) is 0 Å². The molecule has 2 aliphatic rings. The number of sulfonamides is 1. The molecule has 2 amide bonds. The van der Waals surface area contributed by atoms with E-state index < -0.39 is 10.0 Å². The fraction of sp³-hybridized carbons (Fsp3) is 0.435. The monoisotopic (exact) mass is 459 g/mol. The van der Waals surface area contributed by atoms with Crippen LogP contribution in [0.3, 0.4) is 0 Å². The van der Waals surface area contributed by atoms with Crippen molar-refractivity contribution >= 4 is 27.4 Å². The minimum Gasteiger partial charge on any atom is -0.497 e. The van der Waals surface area contributed by atoms with Crippen molar-refractivity contribution in [2.75, 3.05) is 30.4 Å². The van der Waals surface area contributed by atoms with E-state index >= 15 is 0 Å². The molecular weight excluding hydrogens is 430 g/mol. The summed E-state index contributed by atoms with van der Waals surface area (Å²) < 4.78 is 39.1. The SMILES string of the molecule is COc1ccc(NS(=O)(=O)c2ccc3c(c2)CCN3C(=O)NC2CCCCC2)c(OC)c1. The van der Waals surface area contributed by atoms with Gasteiger partial charge in [-0.15, -0.1) is 0 Å². The van der Waals surface area contributed by atoms with Gasteiger partial charge in [0.25, 0.3) is 10.0 Å². The smallest absolute Gasteiger partial charge is 0.322 e. The summed E-state index contributed by atoms with van der Waals surface area (Å²) in [4.78, 5) is 14.6. The lowest BCUT2D eigenvalue weighted by molar-refractivity contribution is 0.238. The maximum atomic E-state index is 13.0. The van der Waals surface area contributed by atoms with Gasteiger partial charge in [-0.1, -0.05) is 19.3 Å². The molecule has 0 unspecified atom stereocenters. The van der Waals surface area contributed by atoms with Gasteiger partial charge in [0.05, 0.1) is 24.8 Å². The predicted molar refractivity (Wildman–Crippen MR) is 123 cm³/mol. The first-order chi connectivity index (χ1) is 15.4. The van der Waals surface area contributed by atoms with Crippen LogP contribution in [0.1, 0.15) is 37.7 Å². The van der Waals surface area contributed by atoms with Crippen LogP contribution in [0.4, 0.5) is 16.2 Å². The second-order valence-corrected chi connectivity index (χ2v) is 9.83. The van der Waals surface area contributed by atoms with Gasteiger partial charge in [-0.25, -0.2) is 13.2 Å². The van der Waals surface area contributed by atoms with E-state index in [0.29, 0.717) is 30.2 Å². The number of nitrogens with one attached hydrogen (secondary N) is 2. The molecule has 172 valence electrons. The molecule has 8 nitrogen and oxygen atoms in total. The van der Waals surface area contributed by atoms with Gasteiger partial charge in [0.2, 0.25) is 0 Å². The second-order valence-electron chi connectivity index (χ2n) is 8.15. The van der Waals surface area contributed by atoms with E-state index in [1.165, 1.54) is 26.7 Å². The van der Waals surface area contributed by atoms with Crippen LogP contribution >= 0.6 is 0 Å². The van der Waals surface area contributed by atoms with Gasteiger partial charge >= 0.3 is 6.03 Å². The molecule has 0 radical (unpaired) electrons. The summed E-state index contributed by atoms with van der Waals surface area (Å²) in [6, 6.07) is 9.87. The highest BCUT2D eigenvalue weighted by atomic mass is 32.2. The van der Waals surface area contributed by atoms with Crippen LogP contribution in [0.2, 0.25) is 0 Å². The van der Waals surface area contributed by atoms with Crippen molar-refractivity contribution in [3.8, 4) is 11.5 Å². The molecule has 0 bridgehead atoms. The van der Waals surface area contributed by atoms with Gasteiger partial charge in [-0.05, 0) is 55.2 Å². The van der Waals surface area contributed by atoms with Gasteiger partial charge in [-0.3, -0.25) is 9.62 Å². The molecule has 0 spiro atoms. The highest BCUT2D eigenvalue weighted by Gasteiger charge is 2.28. The molecule has 1 aliphatic heterocycles. The Balaban J connectivity index is 1.51. The first-order valence-electron chi connectivity index (χ1n) is 10.9. The number of fused-ring (bicyclic) bond motifs is 1. The van der Waals surface area contributed by atoms with Crippen LogP contribution in [-0.2, 0) is 16.4 Å². The van der Waals surface area contributed by atoms with Crippen LogP contribution in [0.25, 0.3) is 0 Å². The number of hydrogen-bond donors (Lipinski definition) is 2. The van der Waals surface area contributed by atoms with Gasteiger partial charge in [0.1, 0.15) is 11.5 Å². The Hall–Kier alpha value is -2.94. The van der Waals surface area contributed by atoms with Crippen molar-refractivity contribution in [1.82, 2.24) is 5.32 Å². The average molecular weight is 460 g/mol. The van der Waals surface area contributed by atoms with Crippen molar-refractivity contribution < 1.29 is 22.7 Å². The number of carbonyl (C=O) groups excluding carboxylic acids is 1. The topological polar surface area (TPSA) is 97.0 Å². The molecule has 0 saturated heterocycles. The van der Waals surface area contributed by atoms with Crippen LogP contribution in [0, 0.1) is 0 Å². The van der Waals surface area contributed by atoms with Crippen LogP contribution in [-0.4, -0.2) is 41.3 Å². The van der Waals surface area contributed by atoms with E-state index in [-0.39, 0.29) is 17.0 Å². The molecule has 4 rings (SSSR count).